The van der Waals surface area contributed by atoms with Crippen molar-refractivity contribution in [2.75, 3.05) is 19.7 Å². The number of hydrogen-bond donors (Lipinski definition) is 0. The molecule has 1 unspecified atom stereocenters. The quantitative estimate of drug-likeness (QED) is 0.828. The van der Waals surface area contributed by atoms with Crippen molar-refractivity contribution in [3.63, 3.8) is 0 Å². The lowest BCUT2D eigenvalue weighted by Crippen LogP contribution is -2.44. The summed E-state index contributed by atoms with van der Waals surface area (Å²) in [6, 6.07) is 7.61. The maximum absolute atomic E-state index is 12.0. The number of halogens is 1. The highest BCUT2D eigenvalue weighted by atomic mass is 35.5. The predicted octanol–water partition coefficient (Wildman–Crippen LogP) is 3.92. The van der Waals surface area contributed by atoms with Crippen molar-refractivity contribution >= 4 is 17.5 Å². The van der Waals surface area contributed by atoms with Crippen LogP contribution in [0, 0.1) is 5.92 Å². The number of nitrogens with zero attached hydrogens (tertiary/aromatic N) is 1. The van der Waals surface area contributed by atoms with E-state index in [2.05, 4.69) is 0 Å². The van der Waals surface area contributed by atoms with Crippen LogP contribution < -0.4 is 0 Å². The van der Waals surface area contributed by atoms with Crippen molar-refractivity contribution in [1.29, 1.82) is 0 Å². The zero-order chi connectivity index (χ0) is 15.1. The molecule has 1 aromatic rings. The Labute approximate surface area is 126 Å². The third-order valence-corrected chi connectivity index (χ3v) is 3.37. The molecule has 112 valence electrons. The Morgan fingerprint density at radius 2 is 1.90 bits per heavy atom. The molecule has 1 aromatic carbocycles. The number of carbonyl (C=O) groups excluding carboxylic acids is 1. The van der Waals surface area contributed by atoms with Gasteiger partial charge in [0.05, 0.1) is 13.2 Å². The number of ether oxygens (including phenoxy) is 1. The number of rotatable bonds is 2. The van der Waals surface area contributed by atoms with Gasteiger partial charge in [0.1, 0.15) is 6.10 Å². The minimum Gasteiger partial charge on any atom is -0.370 e. The van der Waals surface area contributed by atoms with Crippen molar-refractivity contribution in [2.24, 2.45) is 5.92 Å². The predicted molar refractivity (Wildman–Crippen MR) is 82.9 cm³/mol. The molecule has 1 aliphatic rings. The molecular formula is C16H24ClNO2. The van der Waals surface area contributed by atoms with Gasteiger partial charge in [-0.05, 0) is 17.7 Å². The molecule has 0 aliphatic carbocycles. The summed E-state index contributed by atoms with van der Waals surface area (Å²) in [5.41, 5.74) is 1.07. The number of benzene rings is 1. The van der Waals surface area contributed by atoms with Crippen molar-refractivity contribution in [3.05, 3.63) is 34.9 Å². The molecule has 1 amide bonds. The highest BCUT2D eigenvalue weighted by Gasteiger charge is 2.26. The number of carbonyl (C=O) groups is 1. The van der Waals surface area contributed by atoms with Crippen molar-refractivity contribution in [2.45, 2.75) is 33.8 Å². The summed E-state index contributed by atoms with van der Waals surface area (Å²) in [6.07, 6.45) is -0.0429. The van der Waals surface area contributed by atoms with Crippen LogP contribution in [0.15, 0.2) is 24.3 Å². The van der Waals surface area contributed by atoms with E-state index >= 15 is 0 Å². The molecule has 1 aliphatic heterocycles. The van der Waals surface area contributed by atoms with Crippen LogP contribution in [0.3, 0.4) is 0 Å². The Morgan fingerprint density at radius 3 is 2.45 bits per heavy atom. The van der Waals surface area contributed by atoms with Crippen LogP contribution in [0.2, 0.25) is 5.02 Å². The van der Waals surface area contributed by atoms with Gasteiger partial charge in [-0.1, -0.05) is 51.4 Å². The second-order valence-electron chi connectivity index (χ2n) is 4.85. The van der Waals surface area contributed by atoms with E-state index in [-0.39, 0.29) is 17.9 Å². The van der Waals surface area contributed by atoms with Crippen LogP contribution in [0.4, 0.5) is 0 Å². The smallest absolute Gasteiger partial charge is 0.225 e. The van der Waals surface area contributed by atoms with Crippen LogP contribution in [-0.4, -0.2) is 30.5 Å². The second kappa shape index (κ2) is 8.28. The van der Waals surface area contributed by atoms with Crippen molar-refractivity contribution < 1.29 is 9.53 Å². The van der Waals surface area contributed by atoms with Crippen LogP contribution in [-0.2, 0) is 9.53 Å². The molecule has 3 nitrogen and oxygen atoms in total. The largest absolute Gasteiger partial charge is 0.370 e. The first-order chi connectivity index (χ1) is 9.58. The van der Waals surface area contributed by atoms with Crippen molar-refractivity contribution in [1.82, 2.24) is 4.90 Å². The van der Waals surface area contributed by atoms with Crippen LogP contribution >= 0.6 is 11.6 Å². The Bertz CT molecular complexity index is 417. The zero-order valence-electron chi connectivity index (χ0n) is 12.7. The summed E-state index contributed by atoms with van der Waals surface area (Å²) in [5, 5.41) is 0.713. The summed E-state index contributed by atoms with van der Waals surface area (Å²) in [5.74, 6) is 0.228. The monoisotopic (exact) mass is 297 g/mol. The van der Waals surface area contributed by atoms with Gasteiger partial charge in [0.25, 0.3) is 0 Å². The Kier molecular flexibility index (Phi) is 7.03. The Hall–Kier alpha value is -1.06. The van der Waals surface area contributed by atoms with Crippen LogP contribution in [0.5, 0.6) is 0 Å². The number of amides is 1. The summed E-state index contributed by atoms with van der Waals surface area (Å²) in [7, 11) is 0. The molecule has 1 fully saturated rings. The molecule has 0 N–H and O–H groups in total. The van der Waals surface area contributed by atoms with Gasteiger partial charge in [-0.2, -0.15) is 0 Å². The summed E-state index contributed by atoms with van der Waals surface area (Å²) < 4.78 is 5.73. The minimum absolute atomic E-state index is 0.0361. The standard InChI is InChI=1S/C14H18ClNO2.C2H6/c1-10(2)14(17)16-7-8-18-13(9-16)11-3-5-12(15)6-4-11;1-2/h3-6,10,13H,7-9H2,1-2H3;1-2H3. The van der Waals surface area contributed by atoms with Gasteiger partial charge in [-0.15, -0.1) is 0 Å². The lowest BCUT2D eigenvalue weighted by atomic mass is 10.1. The van der Waals surface area contributed by atoms with Gasteiger partial charge in [0.2, 0.25) is 5.91 Å². The molecular weight excluding hydrogens is 274 g/mol. The van der Waals surface area contributed by atoms with E-state index in [1.165, 1.54) is 0 Å². The second-order valence-corrected chi connectivity index (χ2v) is 5.29. The highest BCUT2D eigenvalue weighted by Crippen LogP contribution is 2.24. The molecule has 1 saturated heterocycles. The third-order valence-electron chi connectivity index (χ3n) is 3.11. The highest BCUT2D eigenvalue weighted by molar-refractivity contribution is 6.30. The van der Waals surface area contributed by atoms with Crippen LogP contribution in [0.1, 0.15) is 39.4 Å². The fraction of sp³-hybridized carbons (Fsp3) is 0.562. The lowest BCUT2D eigenvalue weighted by Gasteiger charge is -2.34. The van der Waals surface area contributed by atoms with E-state index in [0.717, 1.165) is 5.56 Å². The molecule has 0 aromatic heterocycles. The maximum atomic E-state index is 12.0. The van der Waals surface area contributed by atoms with E-state index in [9.17, 15) is 4.79 Å². The van der Waals surface area contributed by atoms with Gasteiger partial charge in [-0.3, -0.25) is 4.79 Å². The summed E-state index contributed by atoms with van der Waals surface area (Å²) in [6.45, 7) is 9.75. The average molecular weight is 298 g/mol. The first kappa shape index (κ1) is 17.0. The molecule has 0 saturated carbocycles. The molecule has 1 heterocycles. The molecule has 20 heavy (non-hydrogen) atoms. The van der Waals surface area contributed by atoms with E-state index in [4.69, 9.17) is 16.3 Å². The summed E-state index contributed by atoms with van der Waals surface area (Å²) >= 11 is 5.87. The number of morpholine rings is 1. The molecule has 0 spiro atoms. The maximum Gasteiger partial charge on any atom is 0.225 e. The van der Waals surface area contributed by atoms with Gasteiger partial charge >= 0.3 is 0 Å². The van der Waals surface area contributed by atoms with E-state index in [1.54, 1.807) is 0 Å². The molecule has 2 rings (SSSR count). The fourth-order valence-corrected chi connectivity index (χ4v) is 2.22. The molecule has 0 radical (unpaired) electrons. The lowest BCUT2D eigenvalue weighted by molar-refractivity contribution is -0.142. The van der Waals surface area contributed by atoms with E-state index in [1.807, 2.05) is 56.9 Å². The van der Waals surface area contributed by atoms with E-state index < -0.39 is 0 Å². The summed E-state index contributed by atoms with van der Waals surface area (Å²) in [4.78, 5) is 13.9. The zero-order valence-corrected chi connectivity index (χ0v) is 13.5. The SMILES string of the molecule is CC.CC(C)C(=O)N1CCOC(c2ccc(Cl)cc2)C1. The Balaban J connectivity index is 0.000000956. The van der Waals surface area contributed by atoms with Gasteiger partial charge in [0, 0.05) is 17.5 Å². The van der Waals surface area contributed by atoms with Gasteiger partial charge < -0.3 is 9.64 Å². The minimum atomic E-state index is -0.0429. The van der Waals surface area contributed by atoms with E-state index in [0.29, 0.717) is 24.7 Å². The van der Waals surface area contributed by atoms with Crippen LogP contribution in [0.25, 0.3) is 0 Å². The fourth-order valence-electron chi connectivity index (χ4n) is 2.09. The van der Waals surface area contributed by atoms with Crippen molar-refractivity contribution in [3.8, 4) is 0 Å². The topological polar surface area (TPSA) is 29.5 Å². The molecule has 4 heteroatoms. The third kappa shape index (κ3) is 4.50. The molecule has 0 bridgehead atoms. The van der Waals surface area contributed by atoms with Gasteiger partial charge in [-0.25, -0.2) is 0 Å². The first-order valence-corrected chi connectivity index (χ1v) is 7.61. The number of hydrogen-bond acceptors (Lipinski definition) is 2. The van der Waals surface area contributed by atoms with Gasteiger partial charge in [0.15, 0.2) is 0 Å². The normalized spacial score (nSPS) is 18.5. The molecule has 1 atom stereocenters. The Morgan fingerprint density at radius 1 is 1.30 bits per heavy atom. The first-order valence-electron chi connectivity index (χ1n) is 7.24. The average Bonchev–Trinajstić information content (AvgIpc) is 2.49.